The molecule has 0 atom stereocenters. The van der Waals surface area contributed by atoms with Crippen molar-refractivity contribution in [1.29, 1.82) is 0 Å². The first-order valence-corrected chi connectivity index (χ1v) is 9.37. The zero-order valence-corrected chi connectivity index (χ0v) is 17.3. The molecule has 0 heterocycles. The summed E-state index contributed by atoms with van der Waals surface area (Å²) >= 11 is 5.24. The number of para-hydroxylation sites is 1. The van der Waals surface area contributed by atoms with Crippen LogP contribution in [0.2, 0.25) is 0 Å². The summed E-state index contributed by atoms with van der Waals surface area (Å²) in [5.74, 6) is 0.118. The molecule has 0 unspecified atom stereocenters. The molecule has 7 heteroatoms. The Morgan fingerprint density at radius 1 is 1.00 bits per heavy atom. The minimum atomic E-state index is -0.368. The van der Waals surface area contributed by atoms with Crippen LogP contribution in [0.1, 0.15) is 48.4 Å². The Kier molecular flexibility index (Phi) is 7.12. The highest BCUT2D eigenvalue weighted by Crippen LogP contribution is 2.16. The number of amides is 2. The van der Waals surface area contributed by atoms with E-state index >= 15 is 0 Å². The summed E-state index contributed by atoms with van der Waals surface area (Å²) in [5.41, 5.74) is 1.04. The maximum atomic E-state index is 12.5. The van der Waals surface area contributed by atoms with Crippen molar-refractivity contribution in [3.63, 3.8) is 0 Å². The van der Waals surface area contributed by atoms with Crippen molar-refractivity contribution in [3.8, 4) is 5.75 Å². The van der Waals surface area contributed by atoms with Crippen molar-refractivity contribution in [2.24, 2.45) is 0 Å². The summed E-state index contributed by atoms with van der Waals surface area (Å²) in [6, 6.07) is 13.7. The van der Waals surface area contributed by atoms with Crippen LogP contribution in [0.15, 0.2) is 48.5 Å². The van der Waals surface area contributed by atoms with Crippen LogP contribution in [-0.4, -0.2) is 29.1 Å². The molecule has 0 aliphatic rings. The van der Waals surface area contributed by atoms with Gasteiger partial charge in [0.15, 0.2) is 5.11 Å². The number of benzene rings is 2. The van der Waals surface area contributed by atoms with Gasteiger partial charge in [0.1, 0.15) is 5.75 Å². The summed E-state index contributed by atoms with van der Waals surface area (Å²) in [6.45, 7) is 8.17. The lowest BCUT2D eigenvalue weighted by atomic mass is 10.1. The minimum Gasteiger partial charge on any atom is -0.494 e. The van der Waals surface area contributed by atoms with E-state index < -0.39 is 0 Å². The number of thiocarbonyl (C=S) groups is 1. The van der Waals surface area contributed by atoms with Crippen LogP contribution in [0.5, 0.6) is 5.75 Å². The molecule has 0 fully saturated rings. The fraction of sp³-hybridized carbons (Fsp3) is 0.286. The zero-order chi connectivity index (χ0) is 20.7. The standard InChI is InChI=1S/C21H25N3O3S/c1-5-27-15-12-10-14(11-13-15)18(25)23-20(28)22-17-9-7-6-8-16(17)19(26)24-21(2,3)4/h6-13H,5H2,1-4H3,(H,24,26)(H2,22,23,25,28). The molecule has 148 valence electrons. The average molecular weight is 400 g/mol. The zero-order valence-electron chi connectivity index (χ0n) is 16.5. The number of rotatable bonds is 5. The number of hydrogen-bond acceptors (Lipinski definition) is 4. The van der Waals surface area contributed by atoms with E-state index in [1.807, 2.05) is 27.7 Å². The Balaban J connectivity index is 2.05. The number of hydrogen-bond donors (Lipinski definition) is 3. The van der Waals surface area contributed by atoms with Gasteiger partial charge in [-0.1, -0.05) is 12.1 Å². The van der Waals surface area contributed by atoms with E-state index in [1.54, 1.807) is 48.5 Å². The molecule has 0 radical (unpaired) electrons. The van der Waals surface area contributed by atoms with Gasteiger partial charge in [-0.2, -0.15) is 0 Å². The molecule has 2 amide bonds. The van der Waals surface area contributed by atoms with Crippen LogP contribution in [0.3, 0.4) is 0 Å². The smallest absolute Gasteiger partial charge is 0.257 e. The van der Waals surface area contributed by atoms with E-state index in [9.17, 15) is 9.59 Å². The normalized spacial score (nSPS) is 10.7. The summed E-state index contributed by atoms with van der Waals surface area (Å²) in [6.07, 6.45) is 0. The third-order valence-corrected chi connectivity index (χ3v) is 3.77. The molecule has 0 bridgehead atoms. The third-order valence-electron chi connectivity index (χ3n) is 3.56. The highest BCUT2D eigenvalue weighted by molar-refractivity contribution is 7.80. The lowest BCUT2D eigenvalue weighted by Gasteiger charge is -2.21. The molecule has 28 heavy (non-hydrogen) atoms. The number of carbonyl (C=O) groups is 2. The maximum absolute atomic E-state index is 12.5. The predicted octanol–water partition coefficient (Wildman–Crippen LogP) is 3.74. The van der Waals surface area contributed by atoms with Crippen LogP contribution in [0.25, 0.3) is 0 Å². The molecule has 6 nitrogen and oxygen atoms in total. The first-order valence-electron chi connectivity index (χ1n) is 8.96. The average Bonchev–Trinajstić information content (AvgIpc) is 2.61. The van der Waals surface area contributed by atoms with Gasteiger partial charge < -0.3 is 15.4 Å². The van der Waals surface area contributed by atoms with E-state index in [0.717, 1.165) is 0 Å². The van der Waals surface area contributed by atoms with E-state index in [1.165, 1.54) is 0 Å². The number of nitrogens with one attached hydrogen (secondary N) is 3. The highest BCUT2D eigenvalue weighted by atomic mass is 32.1. The van der Waals surface area contributed by atoms with Gasteiger partial charge in [0.25, 0.3) is 11.8 Å². The Bertz CT molecular complexity index is 858. The van der Waals surface area contributed by atoms with Crippen LogP contribution in [0.4, 0.5) is 5.69 Å². The van der Waals surface area contributed by atoms with Gasteiger partial charge in [-0.15, -0.1) is 0 Å². The summed E-state index contributed by atoms with van der Waals surface area (Å²) in [7, 11) is 0. The molecule has 0 saturated heterocycles. The summed E-state index contributed by atoms with van der Waals surface area (Å²) < 4.78 is 5.36. The van der Waals surface area contributed by atoms with Crippen LogP contribution < -0.4 is 20.7 Å². The van der Waals surface area contributed by atoms with Crippen LogP contribution in [-0.2, 0) is 0 Å². The van der Waals surface area contributed by atoms with Gasteiger partial charge in [-0.3, -0.25) is 14.9 Å². The SMILES string of the molecule is CCOc1ccc(C(=O)NC(=S)Nc2ccccc2C(=O)NC(C)(C)C)cc1. The Morgan fingerprint density at radius 3 is 2.25 bits per heavy atom. The first-order chi connectivity index (χ1) is 13.2. The monoisotopic (exact) mass is 399 g/mol. The maximum Gasteiger partial charge on any atom is 0.257 e. The molecule has 2 aromatic carbocycles. The second kappa shape index (κ2) is 9.32. The van der Waals surface area contributed by atoms with Crippen molar-refractivity contribution < 1.29 is 14.3 Å². The molecular weight excluding hydrogens is 374 g/mol. The number of anilines is 1. The largest absolute Gasteiger partial charge is 0.494 e. The highest BCUT2D eigenvalue weighted by Gasteiger charge is 2.18. The molecule has 0 aromatic heterocycles. The Labute approximate surface area is 170 Å². The van der Waals surface area contributed by atoms with Gasteiger partial charge >= 0.3 is 0 Å². The second-order valence-electron chi connectivity index (χ2n) is 7.12. The molecule has 0 aliphatic carbocycles. The molecule has 0 saturated carbocycles. The van der Waals surface area contributed by atoms with Gasteiger partial charge in [-0.25, -0.2) is 0 Å². The summed E-state index contributed by atoms with van der Waals surface area (Å²) in [5, 5.41) is 8.56. The quantitative estimate of drug-likeness (QED) is 0.668. The fourth-order valence-corrected chi connectivity index (χ4v) is 2.60. The number of ether oxygens (including phenoxy) is 1. The third kappa shape index (κ3) is 6.35. The minimum absolute atomic E-state index is 0.106. The van der Waals surface area contributed by atoms with Gasteiger partial charge in [0, 0.05) is 11.1 Å². The van der Waals surface area contributed by atoms with E-state index in [0.29, 0.717) is 29.2 Å². The molecule has 2 aromatic rings. The summed E-state index contributed by atoms with van der Waals surface area (Å²) in [4.78, 5) is 24.9. The molecule has 0 aliphatic heterocycles. The van der Waals surface area contributed by atoms with Crippen molar-refractivity contribution in [3.05, 3.63) is 59.7 Å². The molecule has 2 rings (SSSR count). The second-order valence-corrected chi connectivity index (χ2v) is 7.52. The van der Waals surface area contributed by atoms with E-state index in [2.05, 4.69) is 16.0 Å². The molecular formula is C21H25N3O3S. The van der Waals surface area contributed by atoms with Crippen molar-refractivity contribution >= 4 is 34.8 Å². The first kappa shape index (κ1) is 21.4. The van der Waals surface area contributed by atoms with Crippen molar-refractivity contribution in [2.45, 2.75) is 33.2 Å². The van der Waals surface area contributed by atoms with E-state index in [-0.39, 0.29) is 22.5 Å². The molecule has 3 N–H and O–H groups in total. The van der Waals surface area contributed by atoms with Gasteiger partial charge in [0.2, 0.25) is 0 Å². The number of carbonyl (C=O) groups excluding carboxylic acids is 2. The van der Waals surface area contributed by atoms with Gasteiger partial charge in [-0.05, 0) is 76.3 Å². The fourth-order valence-electron chi connectivity index (χ4n) is 2.40. The van der Waals surface area contributed by atoms with Gasteiger partial charge in [0.05, 0.1) is 17.9 Å². The Morgan fingerprint density at radius 2 is 1.64 bits per heavy atom. The lowest BCUT2D eigenvalue weighted by molar-refractivity contribution is 0.0919. The van der Waals surface area contributed by atoms with E-state index in [4.69, 9.17) is 17.0 Å². The van der Waals surface area contributed by atoms with Crippen LogP contribution in [0, 0.1) is 0 Å². The predicted molar refractivity (Wildman–Crippen MR) is 115 cm³/mol. The Hall–Kier alpha value is -2.93. The lowest BCUT2D eigenvalue weighted by Crippen LogP contribution is -2.41. The van der Waals surface area contributed by atoms with Crippen molar-refractivity contribution in [1.82, 2.24) is 10.6 Å². The topological polar surface area (TPSA) is 79.5 Å². The van der Waals surface area contributed by atoms with Crippen LogP contribution >= 0.6 is 12.2 Å². The van der Waals surface area contributed by atoms with Crippen molar-refractivity contribution in [2.75, 3.05) is 11.9 Å². The molecule has 0 spiro atoms.